The number of amides is 1. The predicted octanol–water partition coefficient (Wildman–Crippen LogP) is 2.92. The van der Waals surface area contributed by atoms with Gasteiger partial charge in [-0.05, 0) is 56.2 Å². The Morgan fingerprint density at radius 1 is 1.30 bits per heavy atom. The summed E-state index contributed by atoms with van der Waals surface area (Å²) in [6, 6.07) is 7.66. The van der Waals surface area contributed by atoms with E-state index in [-0.39, 0.29) is 11.8 Å². The Kier molecular flexibility index (Phi) is 6.39. The van der Waals surface area contributed by atoms with E-state index in [1.165, 1.54) is 0 Å². The van der Waals surface area contributed by atoms with E-state index in [9.17, 15) is 4.79 Å². The zero-order chi connectivity index (χ0) is 20.9. The molecule has 4 heterocycles. The monoisotopic (exact) mass is 426 g/mol. The van der Waals surface area contributed by atoms with Crippen LogP contribution in [0.4, 0.5) is 0 Å². The smallest absolute Gasteiger partial charge is 0.223 e. The zero-order valence-corrected chi connectivity index (χ0v) is 17.8. The molecule has 0 bridgehead atoms. The lowest BCUT2D eigenvalue weighted by Gasteiger charge is -2.30. The van der Waals surface area contributed by atoms with Crippen molar-refractivity contribution in [2.75, 3.05) is 19.6 Å². The zero-order valence-electron chi connectivity index (χ0n) is 17.0. The second-order valence-electron chi connectivity index (χ2n) is 7.44. The second kappa shape index (κ2) is 9.36. The highest BCUT2D eigenvalue weighted by atomic mass is 32.1. The minimum absolute atomic E-state index is 0.0941. The minimum Gasteiger partial charge on any atom is -0.467 e. The van der Waals surface area contributed by atoms with Gasteiger partial charge in [0.25, 0.3) is 0 Å². The number of hydrogen-bond acceptors (Lipinski definition) is 6. The molecule has 0 atom stereocenters. The maximum absolute atomic E-state index is 12.1. The Balaban J connectivity index is 1.53. The Morgan fingerprint density at radius 3 is 2.80 bits per heavy atom. The van der Waals surface area contributed by atoms with Gasteiger partial charge in [-0.1, -0.05) is 0 Å². The summed E-state index contributed by atoms with van der Waals surface area (Å²) in [6.07, 6.45) is 6.89. The van der Waals surface area contributed by atoms with Crippen LogP contribution in [-0.2, 0) is 18.0 Å². The third-order valence-corrected chi connectivity index (χ3v) is 5.81. The standard InChI is InChI=1S/C21H26N6O2S/c1-2-23-20(28)16-7-10-25(11-8-16)15-27-21(30)26(14-18-6-4-12-29-18)19(24-27)17-5-3-9-22-13-17/h3-6,9,12-13,16H,2,7-8,10-11,14-15H2,1H3,(H,23,28). The molecule has 0 saturated carbocycles. The number of nitrogens with zero attached hydrogens (tertiary/aromatic N) is 5. The first-order chi connectivity index (χ1) is 14.7. The van der Waals surface area contributed by atoms with Gasteiger partial charge in [0.2, 0.25) is 5.91 Å². The number of aromatic nitrogens is 4. The molecule has 1 amide bonds. The Bertz CT molecular complexity index is 1020. The van der Waals surface area contributed by atoms with E-state index in [0.29, 0.717) is 24.5 Å². The van der Waals surface area contributed by atoms with Crippen LogP contribution in [-0.4, -0.2) is 49.8 Å². The number of carbonyl (C=O) groups excluding carboxylic acids is 1. The van der Waals surface area contributed by atoms with Crippen LogP contribution in [0.5, 0.6) is 0 Å². The van der Waals surface area contributed by atoms with Gasteiger partial charge in [-0.3, -0.25) is 19.2 Å². The lowest BCUT2D eigenvalue weighted by molar-refractivity contribution is -0.126. The highest BCUT2D eigenvalue weighted by Crippen LogP contribution is 2.21. The molecule has 30 heavy (non-hydrogen) atoms. The first-order valence-electron chi connectivity index (χ1n) is 10.3. The molecule has 0 radical (unpaired) electrons. The number of piperidine rings is 1. The SMILES string of the molecule is CCNC(=O)C1CCN(Cn2nc(-c3cccnc3)n(Cc3ccco3)c2=S)CC1. The fourth-order valence-electron chi connectivity index (χ4n) is 3.79. The minimum atomic E-state index is 0.0941. The summed E-state index contributed by atoms with van der Waals surface area (Å²) >= 11 is 5.76. The molecule has 1 aliphatic rings. The van der Waals surface area contributed by atoms with Crippen molar-refractivity contribution in [1.29, 1.82) is 0 Å². The molecule has 1 saturated heterocycles. The van der Waals surface area contributed by atoms with Crippen LogP contribution in [0.2, 0.25) is 0 Å². The van der Waals surface area contributed by atoms with Gasteiger partial charge in [0, 0.05) is 43.5 Å². The maximum atomic E-state index is 12.1. The lowest BCUT2D eigenvalue weighted by Crippen LogP contribution is -2.41. The molecule has 0 unspecified atom stereocenters. The van der Waals surface area contributed by atoms with Crippen molar-refractivity contribution >= 4 is 18.1 Å². The van der Waals surface area contributed by atoms with Crippen molar-refractivity contribution in [1.82, 2.24) is 29.5 Å². The predicted molar refractivity (Wildman–Crippen MR) is 115 cm³/mol. The molecule has 1 N–H and O–H groups in total. The fourth-order valence-corrected chi connectivity index (χ4v) is 4.04. The molecule has 1 aliphatic heterocycles. The third kappa shape index (κ3) is 4.52. The average Bonchev–Trinajstić information content (AvgIpc) is 3.39. The van der Waals surface area contributed by atoms with Crippen molar-refractivity contribution in [2.45, 2.75) is 33.0 Å². The van der Waals surface area contributed by atoms with Gasteiger partial charge in [-0.2, -0.15) is 5.10 Å². The number of pyridine rings is 1. The summed E-state index contributed by atoms with van der Waals surface area (Å²) in [5, 5.41) is 7.74. The number of hydrogen-bond donors (Lipinski definition) is 1. The second-order valence-corrected chi connectivity index (χ2v) is 7.81. The molecule has 3 aromatic rings. The van der Waals surface area contributed by atoms with Gasteiger partial charge >= 0.3 is 0 Å². The first kappa shape index (κ1) is 20.5. The molecular weight excluding hydrogens is 400 g/mol. The largest absolute Gasteiger partial charge is 0.467 e. The summed E-state index contributed by atoms with van der Waals surface area (Å²) in [6.45, 7) is 5.43. The molecule has 3 aromatic heterocycles. The highest BCUT2D eigenvalue weighted by molar-refractivity contribution is 7.71. The van der Waals surface area contributed by atoms with Crippen LogP contribution in [0.15, 0.2) is 47.3 Å². The Hall–Kier alpha value is -2.78. The number of carbonyl (C=O) groups is 1. The van der Waals surface area contributed by atoms with Gasteiger partial charge in [-0.25, -0.2) is 4.68 Å². The molecule has 0 aliphatic carbocycles. The van der Waals surface area contributed by atoms with E-state index in [2.05, 4.69) is 15.2 Å². The van der Waals surface area contributed by atoms with Crippen LogP contribution in [0, 0.1) is 10.7 Å². The molecule has 9 heteroatoms. The van der Waals surface area contributed by atoms with Crippen molar-refractivity contribution in [3.8, 4) is 11.4 Å². The molecule has 0 spiro atoms. The normalized spacial score (nSPS) is 15.4. The van der Waals surface area contributed by atoms with Crippen molar-refractivity contribution < 1.29 is 9.21 Å². The molecule has 0 aromatic carbocycles. The molecular formula is C21H26N6O2S. The Labute approximate surface area is 180 Å². The quantitative estimate of drug-likeness (QED) is 0.585. The molecule has 158 valence electrons. The van der Waals surface area contributed by atoms with Gasteiger partial charge in [0.15, 0.2) is 10.6 Å². The van der Waals surface area contributed by atoms with Crippen molar-refractivity contribution in [3.63, 3.8) is 0 Å². The molecule has 8 nitrogen and oxygen atoms in total. The number of likely N-dealkylation sites (tertiary alicyclic amines) is 1. The summed E-state index contributed by atoms with van der Waals surface area (Å²) in [7, 11) is 0. The number of rotatable bonds is 7. The maximum Gasteiger partial charge on any atom is 0.223 e. The number of nitrogens with one attached hydrogen (secondary N) is 1. The third-order valence-electron chi connectivity index (χ3n) is 5.38. The van der Waals surface area contributed by atoms with E-state index in [0.717, 1.165) is 43.1 Å². The van der Waals surface area contributed by atoms with Gasteiger partial charge in [-0.15, -0.1) is 0 Å². The van der Waals surface area contributed by atoms with Crippen molar-refractivity contribution in [3.05, 3.63) is 53.5 Å². The van der Waals surface area contributed by atoms with Crippen LogP contribution in [0.1, 0.15) is 25.5 Å². The average molecular weight is 427 g/mol. The topological polar surface area (TPSA) is 81.1 Å². The summed E-state index contributed by atoms with van der Waals surface area (Å²) in [5.74, 6) is 1.84. The highest BCUT2D eigenvalue weighted by Gasteiger charge is 2.25. The lowest BCUT2D eigenvalue weighted by atomic mass is 9.96. The van der Waals surface area contributed by atoms with E-state index < -0.39 is 0 Å². The fraction of sp³-hybridized carbons (Fsp3) is 0.429. The van der Waals surface area contributed by atoms with E-state index in [4.69, 9.17) is 21.7 Å². The molecule has 1 fully saturated rings. The van der Waals surface area contributed by atoms with E-state index >= 15 is 0 Å². The van der Waals surface area contributed by atoms with Crippen molar-refractivity contribution in [2.24, 2.45) is 5.92 Å². The van der Waals surface area contributed by atoms with Crippen LogP contribution >= 0.6 is 12.2 Å². The van der Waals surface area contributed by atoms with Gasteiger partial charge in [0.05, 0.1) is 19.5 Å². The van der Waals surface area contributed by atoms with E-state index in [1.807, 2.05) is 40.4 Å². The number of furan rings is 1. The van der Waals surface area contributed by atoms with Crippen LogP contribution < -0.4 is 5.32 Å². The summed E-state index contributed by atoms with van der Waals surface area (Å²) in [5.41, 5.74) is 0.906. The van der Waals surface area contributed by atoms with Gasteiger partial charge in [0.1, 0.15) is 5.76 Å². The Morgan fingerprint density at radius 2 is 2.13 bits per heavy atom. The van der Waals surface area contributed by atoms with Gasteiger partial charge < -0.3 is 9.73 Å². The summed E-state index contributed by atoms with van der Waals surface area (Å²) in [4.78, 5) is 18.6. The first-order valence-corrected chi connectivity index (χ1v) is 10.7. The van der Waals surface area contributed by atoms with Crippen LogP contribution in [0.3, 0.4) is 0 Å². The molecule has 4 rings (SSSR count). The summed E-state index contributed by atoms with van der Waals surface area (Å²) < 4.78 is 10.00. The van der Waals surface area contributed by atoms with E-state index in [1.54, 1.807) is 18.7 Å². The van der Waals surface area contributed by atoms with Crippen LogP contribution in [0.25, 0.3) is 11.4 Å².